The highest BCUT2D eigenvalue weighted by Gasteiger charge is 2.04. The number of nitrogens with two attached hydrogens (primary N) is 1. The second-order valence-electron chi connectivity index (χ2n) is 5.46. The maximum atomic E-state index is 12.0. The summed E-state index contributed by atoms with van der Waals surface area (Å²) in [6.07, 6.45) is 0.429. The van der Waals surface area contributed by atoms with E-state index in [0.717, 1.165) is 5.75 Å². The zero-order valence-electron chi connectivity index (χ0n) is 13.8. The van der Waals surface area contributed by atoms with Crippen molar-refractivity contribution in [1.29, 1.82) is 0 Å². The van der Waals surface area contributed by atoms with Gasteiger partial charge in [-0.1, -0.05) is 6.07 Å². The number of hydrogen-bond acceptors (Lipinski definition) is 3. The average Bonchev–Trinajstić information content (AvgIpc) is 2.52. The van der Waals surface area contributed by atoms with Gasteiger partial charge < -0.3 is 16.4 Å². The van der Waals surface area contributed by atoms with E-state index in [0.29, 0.717) is 17.8 Å². The summed E-state index contributed by atoms with van der Waals surface area (Å²) in [6.45, 7) is 4.17. The first-order chi connectivity index (χ1) is 11.4. The maximum Gasteiger partial charge on any atom is 0.316 e. The molecule has 126 valence electrons. The molecule has 0 fully saturated rings. The summed E-state index contributed by atoms with van der Waals surface area (Å²) >= 11 is 1.67. The predicted molar refractivity (Wildman–Crippen MR) is 99.5 cm³/mol. The third kappa shape index (κ3) is 5.62. The Balaban J connectivity index is 1.78. The van der Waals surface area contributed by atoms with E-state index in [4.69, 9.17) is 5.73 Å². The van der Waals surface area contributed by atoms with Crippen molar-refractivity contribution in [2.45, 2.75) is 25.2 Å². The van der Waals surface area contributed by atoms with Crippen LogP contribution in [0.15, 0.2) is 47.4 Å². The van der Waals surface area contributed by atoms with Gasteiger partial charge in [-0.15, -0.1) is 11.8 Å². The summed E-state index contributed by atoms with van der Waals surface area (Å²) in [5, 5.41) is 5.30. The van der Waals surface area contributed by atoms with Crippen LogP contribution < -0.4 is 16.4 Å². The highest BCUT2D eigenvalue weighted by atomic mass is 32.2. The van der Waals surface area contributed by atoms with Crippen molar-refractivity contribution in [3.63, 3.8) is 0 Å². The third-order valence-corrected chi connectivity index (χ3v) is 4.51. The Kier molecular flexibility index (Phi) is 6.26. The number of carbonyl (C=O) groups excluding carboxylic acids is 2. The molecule has 0 saturated heterocycles. The Bertz CT molecular complexity index is 730. The number of aryl methyl sites for hydroxylation is 2. The average molecular weight is 343 g/mol. The molecule has 2 aromatic carbocycles. The number of hydrogen-bond donors (Lipinski definition) is 3. The van der Waals surface area contributed by atoms with E-state index in [1.165, 1.54) is 16.0 Å². The monoisotopic (exact) mass is 343 g/mol. The second kappa shape index (κ2) is 8.40. The lowest BCUT2D eigenvalue weighted by molar-refractivity contribution is -0.115. The van der Waals surface area contributed by atoms with Crippen LogP contribution in [0.2, 0.25) is 0 Å². The van der Waals surface area contributed by atoms with E-state index in [1.807, 2.05) is 0 Å². The molecular formula is C18H21N3O2S. The van der Waals surface area contributed by atoms with Gasteiger partial charge in [0.2, 0.25) is 5.91 Å². The van der Waals surface area contributed by atoms with Gasteiger partial charge in [-0.2, -0.15) is 0 Å². The summed E-state index contributed by atoms with van der Waals surface area (Å²) in [5.74, 6) is 0.678. The molecule has 2 rings (SSSR count). The molecule has 0 radical (unpaired) electrons. The highest BCUT2D eigenvalue weighted by Crippen LogP contribution is 2.22. The molecule has 0 aromatic heterocycles. The molecule has 0 aliphatic rings. The van der Waals surface area contributed by atoms with Crippen molar-refractivity contribution in [3.8, 4) is 0 Å². The van der Waals surface area contributed by atoms with Gasteiger partial charge in [0.05, 0.1) is 0 Å². The summed E-state index contributed by atoms with van der Waals surface area (Å²) in [7, 11) is 0. The van der Waals surface area contributed by atoms with Gasteiger partial charge in [-0.3, -0.25) is 4.79 Å². The van der Waals surface area contributed by atoms with Crippen LogP contribution in [-0.4, -0.2) is 17.7 Å². The summed E-state index contributed by atoms with van der Waals surface area (Å²) in [4.78, 5) is 23.9. The lowest BCUT2D eigenvalue weighted by Crippen LogP contribution is -2.19. The van der Waals surface area contributed by atoms with Gasteiger partial charge in [0.1, 0.15) is 0 Å². The minimum absolute atomic E-state index is 0.0399. The fourth-order valence-corrected chi connectivity index (χ4v) is 3.02. The Labute approximate surface area is 146 Å². The Hall–Kier alpha value is -2.47. The zero-order chi connectivity index (χ0) is 17.5. The molecule has 24 heavy (non-hydrogen) atoms. The van der Waals surface area contributed by atoms with Crippen LogP contribution in [0.5, 0.6) is 0 Å². The molecule has 5 nitrogen and oxygen atoms in total. The smallest absolute Gasteiger partial charge is 0.316 e. The van der Waals surface area contributed by atoms with Crippen molar-refractivity contribution >= 4 is 35.1 Å². The van der Waals surface area contributed by atoms with E-state index in [-0.39, 0.29) is 5.91 Å². The van der Waals surface area contributed by atoms with Gasteiger partial charge >= 0.3 is 6.03 Å². The van der Waals surface area contributed by atoms with Crippen LogP contribution in [0.1, 0.15) is 17.5 Å². The molecule has 0 saturated carbocycles. The van der Waals surface area contributed by atoms with E-state index >= 15 is 0 Å². The first-order valence-corrected chi connectivity index (χ1v) is 8.59. The van der Waals surface area contributed by atoms with E-state index < -0.39 is 6.03 Å². The standard InChI is InChI=1S/C18H21N3O2S/c1-12-3-8-16(11-13(12)2)24-10-9-17(22)20-14-4-6-15(7-5-14)21-18(19)23/h3-8,11H,9-10H2,1-2H3,(H,20,22)(H3,19,21,23). The second-order valence-corrected chi connectivity index (χ2v) is 6.63. The van der Waals surface area contributed by atoms with Crippen LogP contribution in [0.25, 0.3) is 0 Å². The number of amides is 3. The molecule has 2 aromatic rings. The first kappa shape index (κ1) is 17.9. The fourth-order valence-electron chi connectivity index (χ4n) is 2.07. The van der Waals surface area contributed by atoms with Crippen LogP contribution in [0.4, 0.5) is 16.2 Å². The fraction of sp³-hybridized carbons (Fsp3) is 0.222. The molecular weight excluding hydrogens is 322 g/mol. The maximum absolute atomic E-state index is 12.0. The van der Waals surface area contributed by atoms with Crippen molar-refractivity contribution in [2.75, 3.05) is 16.4 Å². The van der Waals surface area contributed by atoms with Crippen molar-refractivity contribution < 1.29 is 9.59 Å². The van der Waals surface area contributed by atoms with Gasteiger partial charge in [-0.05, 0) is 61.4 Å². The number of carbonyl (C=O) groups is 2. The molecule has 0 heterocycles. The molecule has 0 spiro atoms. The van der Waals surface area contributed by atoms with Crippen LogP contribution >= 0.6 is 11.8 Å². The topological polar surface area (TPSA) is 84.2 Å². The van der Waals surface area contributed by atoms with Crippen LogP contribution in [0, 0.1) is 13.8 Å². The van der Waals surface area contributed by atoms with Crippen molar-refractivity contribution in [3.05, 3.63) is 53.6 Å². The van der Waals surface area contributed by atoms with E-state index in [2.05, 4.69) is 42.7 Å². The van der Waals surface area contributed by atoms with E-state index in [1.54, 1.807) is 36.0 Å². The van der Waals surface area contributed by atoms with Crippen LogP contribution in [-0.2, 0) is 4.79 Å². The van der Waals surface area contributed by atoms with Crippen LogP contribution in [0.3, 0.4) is 0 Å². The van der Waals surface area contributed by atoms with Crippen molar-refractivity contribution in [2.24, 2.45) is 5.73 Å². The van der Waals surface area contributed by atoms with Gasteiger partial charge in [-0.25, -0.2) is 4.79 Å². The lowest BCUT2D eigenvalue weighted by Gasteiger charge is -2.07. The number of anilines is 2. The van der Waals surface area contributed by atoms with Crippen molar-refractivity contribution in [1.82, 2.24) is 0 Å². The molecule has 0 unspecified atom stereocenters. The largest absolute Gasteiger partial charge is 0.351 e. The molecule has 0 bridgehead atoms. The number of thioether (sulfide) groups is 1. The Morgan fingerprint density at radius 3 is 2.17 bits per heavy atom. The third-order valence-electron chi connectivity index (χ3n) is 3.51. The minimum Gasteiger partial charge on any atom is -0.351 e. The highest BCUT2D eigenvalue weighted by molar-refractivity contribution is 7.99. The molecule has 6 heteroatoms. The van der Waals surface area contributed by atoms with Gasteiger partial charge in [0.15, 0.2) is 0 Å². The Morgan fingerprint density at radius 1 is 0.958 bits per heavy atom. The predicted octanol–water partition coefficient (Wildman–Crippen LogP) is 3.91. The summed E-state index contributed by atoms with van der Waals surface area (Å²) in [6, 6.07) is 12.5. The van der Waals surface area contributed by atoms with Gasteiger partial charge in [0, 0.05) is 28.4 Å². The molecule has 3 amide bonds. The summed E-state index contributed by atoms with van der Waals surface area (Å²) in [5.41, 5.74) is 8.84. The number of benzene rings is 2. The number of nitrogens with one attached hydrogen (secondary N) is 2. The molecule has 0 aliphatic carbocycles. The van der Waals surface area contributed by atoms with Gasteiger partial charge in [0.25, 0.3) is 0 Å². The molecule has 0 aliphatic heterocycles. The number of urea groups is 1. The Morgan fingerprint density at radius 2 is 1.58 bits per heavy atom. The van der Waals surface area contributed by atoms with E-state index in [9.17, 15) is 9.59 Å². The normalized spacial score (nSPS) is 10.2. The number of primary amides is 1. The quantitative estimate of drug-likeness (QED) is 0.695. The summed E-state index contributed by atoms with van der Waals surface area (Å²) < 4.78 is 0. The zero-order valence-corrected chi connectivity index (χ0v) is 14.6. The lowest BCUT2D eigenvalue weighted by atomic mass is 10.1. The molecule has 0 atom stereocenters. The minimum atomic E-state index is -0.616. The first-order valence-electron chi connectivity index (χ1n) is 7.60. The SMILES string of the molecule is Cc1ccc(SCCC(=O)Nc2ccc(NC(N)=O)cc2)cc1C. The molecule has 4 N–H and O–H groups in total. The number of rotatable bonds is 6.